The molecule has 9 heteroatoms. The monoisotopic (exact) mass is 497 g/mol. The SMILES string of the molecule is CN=C(NCCc1ccncc1C)N1CCN(c2nccn(C)c2=O)CC1.I. The first-order valence-electron chi connectivity index (χ1n) is 9.22. The van der Waals surface area contributed by atoms with Gasteiger partial charge in [-0.1, -0.05) is 0 Å². The molecule has 0 radical (unpaired) electrons. The van der Waals surface area contributed by atoms with Gasteiger partial charge in [0.05, 0.1) is 0 Å². The molecular formula is C19H28IN7O. The first kappa shape index (κ1) is 22.1. The lowest BCUT2D eigenvalue weighted by Gasteiger charge is -2.36. The minimum Gasteiger partial charge on any atom is -0.356 e. The Morgan fingerprint density at radius 1 is 1.25 bits per heavy atom. The molecule has 2 aromatic heterocycles. The number of nitrogens with zero attached hydrogens (tertiary/aromatic N) is 6. The average Bonchev–Trinajstić information content (AvgIpc) is 2.69. The summed E-state index contributed by atoms with van der Waals surface area (Å²) < 4.78 is 1.57. The molecule has 1 fully saturated rings. The third-order valence-electron chi connectivity index (χ3n) is 4.90. The van der Waals surface area contributed by atoms with Crippen LogP contribution in [0.3, 0.4) is 0 Å². The smallest absolute Gasteiger partial charge is 0.293 e. The number of hydrogen-bond acceptors (Lipinski definition) is 5. The third kappa shape index (κ3) is 5.21. The number of nitrogens with one attached hydrogen (secondary N) is 1. The number of hydrogen-bond donors (Lipinski definition) is 1. The predicted molar refractivity (Wildman–Crippen MR) is 123 cm³/mol. The van der Waals surface area contributed by atoms with Gasteiger partial charge in [-0.15, -0.1) is 24.0 Å². The molecule has 0 bridgehead atoms. The van der Waals surface area contributed by atoms with Crippen molar-refractivity contribution in [1.82, 2.24) is 24.8 Å². The Balaban J connectivity index is 0.00000280. The Labute approximate surface area is 182 Å². The zero-order chi connectivity index (χ0) is 19.2. The van der Waals surface area contributed by atoms with Gasteiger partial charge >= 0.3 is 0 Å². The molecule has 3 rings (SSSR count). The number of halogens is 1. The molecule has 0 aliphatic carbocycles. The Hall–Kier alpha value is -2.17. The molecule has 2 aromatic rings. The van der Waals surface area contributed by atoms with Crippen LogP contribution in [0.4, 0.5) is 5.82 Å². The van der Waals surface area contributed by atoms with Gasteiger partial charge in [0.15, 0.2) is 11.8 Å². The van der Waals surface area contributed by atoms with Gasteiger partial charge < -0.3 is 19.7 Å². The standard InChI is InChI=1S/C19H27N7O.HI/c1-15-14-21-6-4-16(15)5-7-23-19(20-2)26-12-10-25(11-13-26)17-18(27)24(3)9-8-22-17;/h4,6,8-9,14H,5,7,10-13H2,1-3H3,(H,20,23);1H. The van der Waals surface area contributed by atoms with E-state index < -0.39 is 0 Å². The fourth-order valence-corrected chi connectivity index (χ4v) is 3.26. The van der Waals surface area contributed by atoms with E-state index in [1.807, 2.05) is 17.3 Å². The molecule has 1 aliphatic rings. The molecular weight excluding hydrogens is 469 g/mol. The maximum absolute atomic E-state index is 12.2. The van der Waals surface area contributed by atoms with Crippen molar-refractivity contribution in [2.75, 3.05) is 44.7 Å². The largest absolute Gasteiger partial charge is 0.356 e. The van der Waals surface area contributed by atoms with E-state index in [0.717, 1.165) is 45.1 Å². The summed E-state index contributed by atoms with van der Waals surface area (Å²) in [5, 5.41) is 3.45. The summed E-state index contributed by atoms with van der Waals surface area (Å²) in [6, 6.07) is 2.06. The van der Waals surface area contributed by atoms with Crippen LogP contribution >= 0.6 is 24.0 Å². The van der Waals surface area contributed by atoms with E-state index in [1.54, 1.807) is 31.1 Å². The third-order valence-corrected chi connectivity index (χ3v) is 4.90. The van der Waals surface area contributed by atoms with Gasteiger partial charge in [-0.05, 0) is 30.5 Å². The lowest BCUT2D eigenvalue weighted by Crippen LogP contribution is -2.53. The van der Waals surface area contributed by atoms with Crippen molar-refractivity contribution in [1.29, 1.82) is 0 Å². The van der Waals surface area contributed by atoms with Gasteiger partial charge in [0.25, 0.3) is 5.56 Å². The molecule has 0 aromatic carbocycles. The second-order valence-electron chi connectivity index (χ2n) is 6.67. The Bertz CT molecular complexity index is 859. The van der Waals surface area contributed by atoms with Gasteiger partial charge in [-0.25, -0.2) is 4.98 Å². The molecule has 1 aliphatic heterocycles. The van der Waals surface area contributed by atoms with E-state index in [9.17, 15) is 4.79 Å². The van der Waals surface area contributed by atoms with Crippen molar-refractivity contribution in [3.8, 4) is 0 Å². The number of anilines is 1. The van der Waals surface area contributed by atoms with Crippen molar-refractivity contribution in [2.45, 2.75) is 13.3 Å². The fourth-order valence-electron chi connectivity index (χ4n) is 3.26. The number of guanidine groups is 1. The van der Waals surface area contributed by atoms with Crippen LogP contribution in [-0.2, 0) is 13.5 Å². The van der Waals surface area contributed by atoms with E-state index >= 15 is 0 Å². The van der Waals surface area contributed by atoms with Crippen molar-refractivity contribution in [3.05, 3.63) is 52.3 Å². The summed E-state index contributed by atoms with van der Waals surface area (Å²) in [5.41, 5.74) is 2.45. The maximum Gasteiger partial charge on any atom is 0.293 e. The van der Waals surface area contributed by atoms with Crippen LogP contribution in [0.5, 0.6) is 0 Å². The van der Waals surface area contributed by atoms with E-state index in [1.165, 1.54) is 11.1 Å². The second kappa shape index (κ2) is 10.4. The number of aryl methyl sites for hydroxylation is 2. The molecule has 0 amide bonds. The van der Waals surface area contributed by atoms with Crippen molar-refractivity contribution in [2.24, 2.45) is 12.0 Å². The first-order valence-corrected chi connectivity index (χ1v) is 9.22. The number of rotatable bonds is 4. The maximum atomic E-state index is 12.2. The van der Waals surface area contributed by atoms with E-state index in [0.29, 0.717) is 5.82 Å². The van der Waals surface area contributed by atoms with Crippen molar-refractivity contribution in [3.63, 3.8) is 0 Å². The zero-order valence-electron chi connectivity index (χ0n) is 16.6. The quantitative estimate of drug-likeness (QED) is 0.387. The number of aliphatic imine (C=N–C) groups is 1. The summed E-state index contributed by atoms with van der Waals surface area (Å²) in [4.78, 5) is 29.3. The summed E-state index contributed by atoms with van der Waals surface area (Å²) in [7, 11) is 3.56. The van der Waals surface area contributed by atoms with Crippen molar-refractivity contribution < 1.29 is 0 Å². The van der Waals surface area contributed by atoms with Crippen LogP contribution in [0.2, 0.25) is 0 Å². The molecule has 3 heterocycles. The predicted octanol–water partition coefficient (Wildman–Crippen LogP) is 1.04. The van der Waals surface area contributed by atoms with Crippen LogP contribution in [0.25, 0.3) is 0 Å². The summed E-state index contributed by atoms with van der Waals surface area (Å²) in [6.45, 7) is 5.99. The molecule has 0 unspecified atom stereocenters. The molecule has 152 valence electrons. The summed E-state index contributed by atoms with van der Waals surface area (Å²) >= 11 is 0. The highest BCUT2D eigenvalue weighted by molar-refractivity contribution is 14.0. The normalized spacial score (nSPS) is 14.6. The van der Waals surface area contributed by atoms with Crippen LogP contribution < -0.4 is 15.8 Å². The van der Waals surface area contributed by atoms with Gasteiger partial charge in [-0.2, -0.15) is 0 Å². The molecule has 0 atom stereocenters. The topological polar surface area (TPSA) is 78.7 Å². The molecule has 0 saturated carbocycles. The minimum absolute atomic E-state index is 0. The Kier molecular flexibility index (Phi) is 8.21. The summed E-state index contributed by atoms with van der Waals surface area (Å²) in [5.74, 6) is 1.42. The Morgan fingerprint density at radius 3 is 2.68 bits per heavy atom. The highest BCUT2D eigenvalue weighted by atomic mass is 127. The van der Waals surface area contributed by atoms with Gasteiger partial charge in [0.2, 0.25) is 0 Å². The minimum atomic E-state index is -0.0545. The lowest BCUT2D eigenvalue weighted by atomic mass is 10.1. The van der Waals surface area contributed by atoms with Gasteiger partial charge in [-0.3, -0.25) is 14.8 Å². The number of pyridine rings is 1. The molecule has 1 N–H and O–H groups in total. The Morgan fingerprint density at radius 2 is 2.00 bits per heavy atom. The second-order valence-corrected chi connectivity index (χ2v) is 6.67. The first-order chi connectivity index (χ1) is 13.1. The summed E-state index contributed by atoms with van der Waals surface area (Å²) in [6.07, 6.45) is 8.00. The highest BCUT2D eigenvalue weighted by Crippen LogP contribution is 2.09. The van der Waals surface area contributed by atoms with E-state index in [2.05, 4.69) is 38.2 Å². The highest BCUT2D eigenvalue weighted by Gasteiger charge is 2.22. The lowest BCUT2D eigenvalue weighted by molar-refractivity contribution is 0.371. The van der Waals surface area contributed by atoms with E-state index in [-0.39, 0.29) is 29.5 Å². The molecule has 28 heavy (non-hydrogen) atoms. The fraction of sp³-hybridized carbons (Fsp3) is 0.474. The van der Waals surface area contributed by atoms with Gasteiger partial charge in [0.1, 0.15) is 0 Å². The van der Waals surface area contributed by atoms with Gasteiger partial charge in [0, 0.05) is 71.6 Å². The molecule has 0 spiro atoms. The van der Waals surface area contributed by atoms with Crippen molar-refractivity contribution >= 4 is 35.8 Å². The molecule has 8 nitrogen and oxygen atoms in total. The van der Waals surface area contributed by atoms with E-state index in [4.69, 9.17) is 0 Å². The average molecular weight is 497 g/mol. The van der Waals surface area contributed by atoms with Crippen LogP contribution in [0.1, 0.15) is 11.1 Å². The van der Waals surface area contributed by atoms with Crippen LogP contribution in [0.15, 0.2) is 40.6 Å². The van der Waals surface area contributed by atoms with Crippen LogP contribution in [-0.4, -0.2) is 65.2 Å². The molecule has 1 saturated heterocycles. The number of aromatic nitrogens is 3. The number of piperazine rings is 1. The van der Waals surface area contributed by atoms with Crippen LogP contribution in [0, 0.1) is 6.92 Å². The zero-order valence-corrected chi connectivity index (χ0v) is 19.0.